The normalized spacial score (nSPS) is 17.9. The van der Waals surface area contributed by atoms with Gasteiger partial charge in [-0.15, -0.1) is 11.3 Å². The van der Waals surface area contributed by atoms with Crippen LogP contribution in [0.15, 0.2) is 237 Å². The Labute approximate surface area is 395 Å². The fourth-order valence-electron chi connectivity index (χ4n) is 12.9. The average molecular weight is 872 g/mol. The highest BCUT2D eigenvalue weighted by Crippen LogP contribution is 2.67. The zero-order valence-electron chi connectivity index (χ0n) is 37.4. The summed E-state index contributed by atoms with van der Waals surface area (Å²) in [4.78, 5) is 2.57. The molecule has 0 saturated carbocycles. The van der Waals surface area contributed by atoms with Gasteiger partial charge in [-0.2, -0.15) is 0 Å². The Hall–Kier alpha value is -7.78. The molecule has 0 N–H and O–H groups in total. The number of para-hydroxylation sites is 1. The third-order valence-corrected chi connectivity index (χ3v) is 16.8. The van der Waals surface area contributed by atoms with Crippen LogP contribution in [0, 0.1) is 0 Å². The molecule has 14 rings (SSSR count). The van der Waals surface area contributed by atoms with E-state index in [9.17, 15) is 0 Å². The van der Waals surface area contributed by atoms with E-state index in [1.165, 1.54) is 98.1 Å². The number of anilines is 3. The molecule has 0 radical (unpaired) electrons. The fraction of sp³-hybridized carbons (Fsp3) is 0.0769. The van der Waals surface area contributed by atoms with Crippen LogP contribution in [0.1, 0.15) is 69.5 Å². The highest BCUT2D eigenvalue weighted by atomic mass is 32.1. The molecular weight excluding hydrogens is 827 g/mol. The number of benzene rings is 10. The van der Waals surface area contributed by atoms with Crippen molar-refractivity contribution in [2.24, 2.45) is 0 Å². The van der Waals surface area contributed by atoms with Crippen molar-refractivity contribution in [3.05, 3.63) is 292 Å². The molecule has 1 heterocycles. The SMILES string of the molecule is CC1(C)c2ccccc2-c2ccc(N(c3ccc4sc5ccccc5c4c3)c3ccccc3C3(c4ccccc4)c4ccccc4C4(c5ccccc5)c5ccccc5-c5cccc3c54)cc21. The second-order valence-electron chi connectivity index (χ2n) is 19.1. The fourth-order valence-corrected chi connectivity index (χ4v) is 14.0. The Morgan fingerprint density at radius 1 is 0.328 bits per heavy atom. The maximum Gasteiger partial charge on any atom is 0.0728 e. The minimum Gasteiger partial charge on any atom is -0.310 e. The molecule has 3 aliphatic rings. The topological polar surface area (TPSA) is 3.24 Å². The molecule has 11 aromatic rings. The molecule has 1 aromatic heterocycles. The maximum atomic E-state index is 2.57. The summed E-state index contributed by atoms with van der Waals surface area (Å²) in [6.07, 6.45) is 0. The summed E-state index contributed by atoms with van der Waals surface area (Å²) >= 11 is 1.87. The Morgan fingerprint density at radius 3 is 1.60 bits per heavy atom. The van der Waals surface area contributed by atoms with Gasteiger partial charge in [0.15, 0.2) is 0 Å². The molecule has 0 fully saturated rings. The molecule has 0 aliphatic heterocycles. The van der Waals surface area contributed by atoms with E-state index in [0.717, 1.165) is 17.1 Å². The van der Waals surface area contributed by atoms with E-state index in [2.05, 4.69) is 255 Å². The minimum absolute atomic E-state index is 0.172. The van der Waals surface area contributed by atoms with Gasteiger partial charge in [-0.05, 0) is 120 Å². The Balaban J connectivity index is 1.12. The number of thiophene rings is 1. The quantitative estimate of drug-likeness (QED) is 0.161. The van der Waals surface area contributed by atoms with E-state index in [1.54, 1.807) is 0 Å². The van der Waals surface area contributed by atoms with Gasteiger partial charge in [0.25, 0.3) is 0 Å². The van der Waals surface area contributed by atoms with Gasteiger partial charge < -0.3 is 4.90 Å². The second kappa shape index (κ2) is 14.1. The zero-order chi connectivity index (χ0) is 44.5. The maximum absolute atomic E-state index is 2.57. The van der Waals surface area contributed by atoms with Crippen molar-refractivity contribution in [2.45, 2.75) is 30.1 Å². The molecule has 3 aliphatic carbocycles. The van der Waals surface area contributed by atoms with Crippen LogP contribution in [0.5, 0.6) is 0 Å². The van der Waals surface area contributed by atoms with Crippen LogP contribution >= 0.6 is 11.3 Å². The molecule has 67 heavy (non-hydrogen) atoms. The third kappa shape index (κ3) is 5.03. The Bertz CT molecular complexity index is 3800. The minimum atomic E-state index is -0.732. The lowest BCUT2D eigenvalue weighted by atomic mass is 9.51. The van der Waals surface area contributed by atoms with Gasteiger partial charge in [0.1, 0.15) is 0 Å². The third-order valence-electron chi connectivity index (χ3n) is 15.6. The van der Waals surface area contributed by atoms with Crippen molar-refractivity contribution in [1.82, 2.24) is 0 Å². The van der Waals surface area contributed by atoms with Crippen LogP contribution in [0.4, 0.5) is 17.1 Å². The molecule has 2 atom stereocenters. The van der Waals surface area contributed by atoms with Crippen LogP contribution in [0.3, 0.4) is 0 Å². The first-order valence-electron chi connectivity index (χ1n) is 23.5. The van der Waals surface area contributed by atoms with E-state index in [0.29, 0.717) is 0 Å². The second-order valence-corrected chi connectivity index (χ2v) is 20.2. The molecule has 0 amide bonds. The lowest BCUT2D eigenvalue weighted by Gasteiger charge is -2.50. The first kappa shape index (κ1) is 38.5. The van der Waals surface area contributed by atoms with Gasteiger partial charge >= 0.3 is 0 Å². The zero-order valence-corrected chi connectivity index (χ0v) is 38.2. The summed E-state index contributed by atoms with van der Waals surface area (Å²) < 4.78 is 2.60. The van der Waals surface area contributed by atoms with Crippen LogP contribution in [-0.4, -0.2) is 0 Å². The first-order chi connectivity index (χ1) is 33.0. The average Bonchev–Trinajstić information content (AvgIpc) is 3.99. The van der Waals surface area contributed by atoms with Crippen molar-refractivity contribution < 1.29 is 0 Å². The predicted octanol–water partition coefficient (Wildman–Crippen LogP) is 16.9. The molecule has 0 spiro atoms. The Morgan fingerprint density at radius 2 is 0.836 bits per heavy atom. The summed E-state index contributed by atoms with van der Waals surface area (Å²) in [6, 6.07) is 89.8. The van der Waals surface area contributed by atoms with Crippen LogP contribution in [0.2, 0.25) is 0 Å². The van der Waals surface area contributed by atoms with Crippen molar-refractivity contribution in [2.75, 3.05) is 4.90 Å². The number of fused-ring (bicyclic) bond motifs is 11. The summed E-state index contributed by atoms with van der Waals surface area (Å²) in [5, 5.41) is 2.57. The summed E-state index contributed by atoms with van der Waals surface area (Å²) in [6.45, 7) is 4.78. The van der Waals surface area contributed by atoms with Crippen molar-refractivity contribution in [3.8, 4) is 22.3 Å². The molecule has 0 bridgehead atoms. The van der Waals surface area contributed by atoms with E-state index in [-0.39, 0.29) is 5.41 Å². The smallest absolute Gasteiger partial charge is 0.0728 e. The van der Waals surface area contributed by atoms with Gasteiger partial charge in [0.2, 0.25) is 0 Å². The summed E-state index contributed by atoms with van der Waals surface area (Å²) in [7, 11) is 0. The van der Waals surface area contributed by atoms with E-state index >= 15 is 0 Å². The van der Waals surface area contributed by atoms with Crippen molar-refractivity contribution in [1.29, 1.82) is 0 Å². The number of hydrogen-bond donors (Lipinski definition) is 0. The molecular formula is C65H45NS. The Kier molecular flexibility index (Phi) is 8.11. The molecule has 10 aromatic carbocycles. The van der Waals surface area contributed by atoms with E-state index < -0.39 is 10.8 Å². The first-order valence-corrected chi connectivity index (χ1v) is 24.3. The summed E-state index contributed by atoms with van der Waals surface area (Å²) in [5.41, 5.74) is 20.4. The van der Waals surface area contributed by atoms with Crippen LogP contribution in [0.25, 0.3) is 42.4 Å². The lowest BCUT2D eigenvalue weighted by molar-refractivity contribution is 0.627. The van der Waals surface area contributed by atoms with Crippen molar-refractivity contribution >= 4 is 48.6 Å². The van der Waals surface area contributed by atoms with Crippen LogP contribution in [-0.2, 0) is 16.2 Å². The largest absolute Gasteiger partial charge is 0.310 e. The van der Waals surface area contributed by atoms with Gasteiger partial charge in [-0.3, -0.25) is 0 Å². The molecule has 2 unspecified atom stereocenters. The summed E-state index contributed by atoms with van der Waals surface area (Å²) in [5.74, 6) is 0. The van der Waals surface area contributed by atoms with Crippen LogP contribution < -0.4 is 4.90 Å². The van der Waals surface area contributed by atoms with Gasteiger partial charge in [0, 0.05) is 37.0 Å². The number of rotatable bonds is 6. The van der Waals surface area contributed by atoms with Gasteiger partial charge in [-0.25, -0.2) is 0 Å². The molecule has 316 valence electrons. The highest BCUT2D eigenvalue weighted by molar-refractivity contribution is 7.25. The van der Waals surface area contributed by atoms with Gasteiger partial charge in [0.05, 0.1) is 16.5 Å². The molecule has 1 nitrogen and oxygen atoms in total. The predicted molar refractivity (Wildman–Crippen MR) is 281 cm³/mol. The molecule has 0 saturated heterocycles. The lowest BCUT2D eigenvalue weighted by Crippen LogP contribution is -2.44. The number of hydrogen-bond acceptors (Lipinski definition) is 2. The van der Waals surface area contributed by atoms with E-state index in [1.807, 2.05) is 11.3 Å². The standard InChI is InChI=1S/C65H45NS/c1-63(2)52-28-12-9-24-46(52)48-38-36-45(41-58(48)63)66(44-37-39-61-51(40-44)49-26-11-18-35-60(49)67-61)59-34-17-16-32-56(59)64(42-20-5-3-6-21-42)54-30-14-15-31-55(54)65(43-22-7-4-8-23-43)53-29-13-10-25-47(53)50-27-19-33-57(64)62(50)65/h3-41H,1-2H3. The molecule has 2 heteroatoms. The van der Waals surface area contributed by atoms with Gasteiger partial charge in [-0.1, -0.05) is 208 Å². The van der Waals surface area contributed by atoms with Crippen molar-refractivity contribution in [3.63, 3.8) is 0 Å². The number of nitrogens with zero attached hydrogens (tertiary/aromatic N) is 1. The van der Waals surface area contributed by atoms with E-state index in [4.69, 9.17) is 0 Å². The monoisotopic (exact) mass is 871 g/mol. The highest BCUT2D eigenvalue weighted by Gasteiger charge is 2.58.